The number of hydrogen-bond acceptors (Lipinski definition) is 2. The van der Waals surface area contributed by atoms with Crippen LogP contribution in [0.2, 0.25) is 0 Å². The van der Waals surface area contributed by atoms with E-state index in [1.54, 1.807) is 12.5 Å². The maximum atomic E-state index is 4.52. The zero-order valence-corrected chi connectivity index (χ0v) is 16.8. The number of rotatable bonds is 1. The van der Waals surface area contributed by atoms with Gasteiger partial charge in [0, 0.05) is 11.8 Å². The third-order valence-electron chi connectivity index (χ3n) is 6.87. The number of nitrogens with zero attached hydrogens (tertiary/aromatic N) is 2. The Hall–Kier alpha value is -4.04. The van der Waals surface area contributed by atoms with Gasteiger partial charge >= 0.3 is 0 Å². The molecule has 0 bridgehead atoms. The van der Waals surface area contributed by atoms with Crippen LogP contribution in [0.1, 0.15) is 22.3 Å². The van der Waals surface area contributed by atoms with Crippen molar-refractivity contribution in [2.24, 2.45) is 0 Å². The molecule has 5 aromatic rings. The van der Waals surface area contributed by atoms with Crippen molar-refractivity contribution in [3.05, 3.63) is 132 Å². The van der Waals surface area contributed by atoms with Crippen LogP contribution < -0.4 is 0 Å². The summed E-state index contributed by atoms with van der Waals surface area (Å²) in [6, 6.07) is 35.4. The van der Waals surface area contributed by atoms with E-state index in [1.165, 1.54) is 44.5 Å². The molecule has 2 aliphatic rings. The lowest BCUT2D eigenvalue weighted by Gasteiger charge is -2.30. The number of fused-ring (bicyclic) bond motifs is 10. The van der Waals surface area contributed by atoms with E-state index in [4.69, 9.17) is 0 Å². The highest BCUT2D eigenvalue weighted by atomic mass is 14.8. The minimum absolute atomic E-state index is 0.303. The molecule has 2 nitrogen and oxygen atoms in total. The summed E-state index contributed by atoms with van der Waals surface area (Å²) < 4.78 is 0. The van der Waals surface area contributed by atoms with Crippen LogP contribution in [0, 0.1) is 0 Å². The molecule has 144 valence electrons. The Balaban J connectivity index is 1.64. The van der Waals surface area contributed by atoms with Gasteiger partial charge in [-0.2, -0.15) is 0 Å². The van der Waals surface area contributed by atoms with Crippen LogP contribution >= 0.6 is 0 Å². The molecule has 0 radical (unpaired) electrons. The molecule has 0 fully saturated rings. The molecule has 0 aliphatic heterocycles. The molecule has 0 saturated heterocycles. The van der Waals surface area contributed by atoms with Crippen LogP contribution in [0.4, 0.5) is 0 Å². The fourth-order valence-corrected chi connectivity index (χ4v) is 5.72. The monoisotopic (exact) mass is 394 g/mol. The number of aromatic nitrogens is 2. The molecule has 0 unspecified atom stereocenters. The van der Waals surface area contributed by atoms with Gasteiger partial charge in [-0.25, -0.2) is 9.97 Å². The minimum Gasteiger partial charge on any atom is -0.245 e. The molecule has 31 heavy (non-hydrogen) atoms. The first-order valence-electron chi connectivity index (χ1n) is 10.6. The molecule has 0 atom stereocenters. The Morgan fingerprint density at radius 3 is 1.61 bits per heavy atom. The summed E-state index contributed by atoms with van der Waals surface area (Å²) in [5.74, 6) is 0. The highest BCUT2D eigenvalue weighted by Crippen LogP contribution is 2.62. The van der Waals surface area contributed by atoms with Crippen LogP contribution in [0.25, 0.3) is 33.5 Å². The first-order chi connectivity index (χ1) is 15.4. The van der Waals surface area contributed by atoms with E-state index in [9.17, 15) is 0 Å². The maximum Gasteiger partial charge on any atom is 0.116 e. The average Bonchev–Trinajstić information content (AvgIpc) is 3.32. The molecular formula is C29H18N2. The lowest BCUT2D eigenvalue weighted by Crippen LogP contribution is -2.25. The molecular weight excluding hydrogens is 376 g/mol. The van der Waals surface area contributed by atoms with Gasteiger partial charge in [0.1, 0.15) is 6.33 Å². The molecule has 1 spiro atoms. The van der Waals surface area contributed by atoms with Crippen molar-refractivity contribution in [1.82, 2.24) is 9.97 Å². The van der Waals surface area contributed by atoms with E-state index in [0.717, 1.165) is 11.3 Å². The standard InChI is InChI=1S/C29H18N2/c1-4-10-24-20(7-1)21-8-2-5-11-25(21)29(24)26-12-6-3-9-22(26)23-14-13-19(17-27(23)29)28-15-16-30-18-31-28/h1-18H. The maximum absolute atomic E-state index is 4.52. The molecule has 4 aromatic carbocycles. The van der Waals surface area contributed by atoms with Crippen LogP contribution in [0.3, 0.4) is 0 Å². The summed E-state index contributed by atoms with van der Waals surface area (Å²) in [6.07, 6.45) is 3.42. The van der Waals surface area contributed by atoms with Crippen LogP contribution in [0.5, 0.6) is 0 Å². The molecule has 0 N–H and O–H groups in total. The molecule has 2 aliphatic carbocycles. The quantitative estimate of drug-likeness (QED) is 0.318. The normalized spacial score (nSPS) is 14.1. The fraction of sp³-hybridized carbons (Fsp3) is 0.0345. The SMILES string of the molecule is c1ccc2c(c1)-c1ccccc1C21c2ccccc2-c2ccc(-c3ccncn3)cc21. The summed E-state index contributed by atoms with van der Waals surface area (Å²) in [7, 11) is 0. The van der Waals surface area contributed by atoms with Gasteiger partial charge < -0.3 is 0 Å². The summed E-state index contributed by atoms with van der Waals surface area (Å²) in [4.78, 5) is 8.61. The van der Waals surface area contributed by atoms with Gasteiger partial charge in [-0.15, -0.1) is 0 Å². The second kappa shape index (κ2) is 5.99. The Morgan fingerprint density at radius 1 is 0.516 bits per heavy atom. The van der Waals surface area contributed by atoms with Crippen LogP contribution in [0.15, 0.2) is 110 Å². The summed E-state index contributed by atoms with van der Waals surface area (Å²) >= 11 is 0. The largest absolute Gasteiger partial charge is 0.245 e. The van der Waals surface area contributed by atoms with Crippen molar-refractivity contribution < 1.29 is 0 Å². The van der Waals surface area contributed by atoms with E-state index in [1.807, 2.05) is 6.07 Å². The predicted octanol–water partition coefficient (Wildman–Crippen LogP) is 6.49. The van der Waals surface area contributed by atoms with Gasteiger partial charge in [-0.1, -0.05) is 84.9 Å². The van der Waals surface area contributed by atoms with Crippen molar-refractivity contribution in [2.45, 2.75) is 5.41 Å². The van der Waals surface area contributed by atoms with E-state index in [-0.39, 0.29) is 5.41 Å². The van der Waals surface area contributed by atoms with Crippen LogP contribution in [-0.4, -0.2) is 9.97 Å². The first-order valence-corrected chi connectivity index (χ1v) is 10.6. The summed E-state index contributed by atoms with van der Waals surface area (Å²) in [5, 5.41) is 0. The van der Waals surface area contributed by atoms with Crippen molar-refractivity contribution in [3.63, 3.8) is 0 Å². The van der Waals surface area contributed by atoms with E-state index < -0.39 is 0 Å². The van der Waals surface area contributed by atoms with Gasteiger partial charge in [0.25, 0.3) is 0 Å². The average molecular weight is 394 g/mol. The molecule has 0 saturated carbocycles. The first kappa shape index (κ1) is 16.7. The van der Waals surface area contributed by atoms with Crippen molar-refractivity contribution >= 4 is 0 Å². The highest BCUT2D eigenvalue weighted by molar-refractivity contribution is 5.95. The second-order valence-electron chi connectivity index (χ2n) is 8.24. The third-order valence-corrected chi connectivity index (χ3v) is 6.87. The Labute approximate surface area is 180 Å². The zero-order chi connectivity index (χ0) is 20.4. The van der Waals surface area contributed by atoms with Gasteiger partial charge in [-0.3, -0.25) is 0 Å². The Kier molecular flexibility index (Phi) is 3.23. The zero-order valence-electron chi connectivity index (χ0n) is 16.8. The predicted molar refractivity (Wildman–Crippen MR) is 124 cm³/mol. The van der Waals surface area contributed by atoms with E-state index >= 15 is 0 Å². The summed E-state index contributed by atoms with van der Waals surface area (Å²) in [6.45, 7) is 0. The Morgan fingerprint density at radius 2 is 1.06 bits per heavy atom. The van der Waals surface area contributed by atoms with Gasteiger partial charge in [0.05, 0.1) is 11.1 Å². The molecule has 7 rings (SSSR count). The third kappa shape index (κ3) is 2.02. The van der Waals surface area contributed by atoms with Gasteiger partial charge in [0.2, 0.25) is 0 Å². The van der Waals surface area contributed by atoms with E-state index in [0.29, 0.717) is 0 Å². The molecule has 2 heteroatoms. The highest BCUT2D eigenvalue weighted by Gasteiger charge is 2.51. The van der Waals surface area contributed by atoms with Crippen LogP contribution in [-0.2, 0) is 5.41 Å². The lowest BCUT2D eigenvalue weighted by molar-refractivity contribution is 0.794. The molecule has 1 aromatic heterocycles. The van der Waals surface area contributed by atoms with Crippen molar-refractivity contribution in [1.29, 1.82) is 0 Å². The summed E-state index contributed by atoms with van der Waals surface area (Å²) in [5.41, 5.74) is 12.5. The fourth-order valence-electron chi connectivity index (χ4n) is 5.72. The molecule has 0 amide bonds. The van der Waals surface area contributed by atoms with E-state index in [2.05, 4.69) is 101 Å². The van der Waals surface area contributed by atoms with Gasteiger partial charge in [0.15, 0.2) is 0 Å². The second-order valence-corrected chi connectivity index (χ2v) is 8.24. The molecule has 1 heterocycles. The number of benzene rings is 4. The van der Waals surface area contributed by atoms with Crippen molar-refractivity contribution in [2.75, 3.05) is 0 Å². The Bertz CT molecular complexity index is 1420. The number of hydrogen-bond donors (Lipinski definition) is 0. The minimum atomic E-state index is -0.303. The topological polar surface area (TPSA) is 25.8 Å². The van der Waals surface area contributed by atoms with Gasteiger partial charge in [-0.05, 0) is 56.6 Å². The van der Waals surface area contributed by atoms with Crippen molar-refractivity contribution in [3.8, 4) is 33.5 Å². The lowest BCUT2D eigenvalue weighted by atomic mass is 9.70. The smallest absolute Gasteiger partial charge is 0.116 e.